The van der Waals surface area contributed by atoms with Crippen LogP contribution < -0.4 is 20.1 Å². The number of unbranched alkanes of at least 4 members (excludes halogenated alkanes) is 2. The lowest BCUT2D eigenvalue weighted by Gasteiger charge is -2.33. The normalized spacial score (nSPS) is 17.0. The molecule has 4 aromatic carbocycles. The molecule has 2 saturated heterocycles. The lowest BCUT2D eigenvalue weighted by Crippen LogP contribution is -2.54. The molecule has 16 heteroatoms. The second-order valence-corrected chi connectivity index (χ2v) is 18.4. The molecule has 72 heavy (non-hydrogen) atoms. The maximum Gasteiger partial charge on any atom is 0.266 e. The molecule has 1 unspecified atom stereocenters. The van der Waals surface area contributed by atoms with Gasteiger partial charge in [-0.05, 0) is 105 Å². The van der Waals surface area contributed by atoms with E-state index in [-0.39, 0.29) is 29.9 Å². The van der Waals surface area contributed by atoms with Gasteiger partial charge in [-0.1, -0.05) is 48.2 Å². The number of piperazine rings is 1. The molecule has 366 valence electrons. The standard InChI is InChI=1S/C56H55N9O7/c1-57-52-43-24-27-64(35-46(43)59-51(61-52)41-33-40-10-3-4-12-45(40)58-34-41)54(68)39-18-14-38(15-19-39)36-72-42-20-16-37(17-21-42)9-8-26-63-30-28-62(29-31-63)25-5-2-6-32-71-48-13-7-11-44-50(48)56(70)65(55(44)69)47-22-23-49(66)60-53(47)67/h3-4,7,10-21,33-34,47H,2,5-6,22-32,35-36H2,1H3,(H,57,59,61)(H,60,66,67). The molecule has 1 atom stereocenters. The van der Waals surface area contributed by atoms with Crippen LogP contribution in [0.15, 0.2) is 103 Å². The average molecular weight is 966 g/mol. The van der Waals surface area contributed by atoms with Crippen LogP contribution in [0.5, 0.6) is 11.5 Å². The van der Waals surface area contributed by atoms with E-state index in [1.165, 1.54) is 0 Å². The first kappa shape index (κ1) is 47.7. The number of para-hydroxylation sites is 1. The van der Waals surface area contributed by atoms with Crippen LogP contribution in [0.2, 0.25) is 0 Å². The zero-order valence-corrected chi connectivity index (χ0v) is 40.2. The lowest BCUT2D eigenvalue weighted by molar-refractivity contribution is -0.136. The highest BCUT2D eigenvalue weighted by Gasteiger charge is 2.46. The first-order valence-electron chi connectivity index (χ1n) is 24.6. The smallest absolute Gasteiger partial charge is 0.266 e. The molecule has 10 rings (SSSR count). The molecule has 2 N–H and O–H groups in total. The van der Waals surface area contributed by atoms with Crippen LogP contribution in [0.3, 0.4) is 0 Å². The largest absolute Gasteiger partial charge is 0.493 e. The van der Waals surface area contributed by atoms with Crippen LogP contribution in [-0.4, -0.2) is 130 Å². The summed E-state index contributed by atoms with van der Waals surface area (Å²) in [4.78, 5) is 86.2. The molecule has 0 spiro atoms. The van der Waals surface area contributed by atoms with Crippen LogP contribution in [-0.2, 0) is 29.2 Å². The average Bonchev–Trinajstić information content (AvgIpc) is 3.67. The monoisotopic (exact) mass is 965 g/mol. The third-order valence-corrected chi connectivity index (χ3v) is 13.7. The summed E-state index contributed by atoms with van der Waals surface area (Å²) >= 11 is 0. The van der Waals surface area contributed by atoms with Crippen molar-refractivity contribution in [2.24, 2.45) is 0 Å². The van der Waals surface area contributed by atoms with Gasteiger partial charge in [0.2, 0.25) is 11.8 Å². The van der Waals surface area contributed by atoms with E-state index in [0.29, 0.717) is 56.4 Å². The van der Waals surface area contributed by atoms with Gasteiger partial charge in [-0.3, -0.25) is 44.1 Å². The number of hydrogen-bond donors (Lipinski definition) is 2. The van der Waals surface area contributed by atoms with Crippen LogP contribution in [0, 0.1) is 11.8 Å². The van der Waals surface area contributed by atoms with Crippen molar-refractivity contribution in [1.29, 1.82) is 0 Å². The predicted molar refractivity (Wildman–Crippen MR) is 270 cm³/mol. The van der Waals surface area contributed by atoms with Crippen molar-refractivity contribution in [3.63, 3.8) is 0 Å². The Morgan fingerprint density at radius 2 is 1.62 bits per heavy atom. The number of fused-ring (bicyclic) bond motifs is 3. The van der Waals surface area contributed by atoms with Crippen LogP contribution >= 0.6 is 0 Å². The zero-order valence-electron chi connectivity index (χ0n) is 40.2. The van der Waals surface area contributed by atoms with Gasteiger partial charge in [-0.25, -0.2) is 9.97 Å². The van der Waals surface area contributed by atoms with E-state index in [1.807, 2.05) is 90.8 Å². The molecule has 6 heterocycles. The summed E-state index contributed by atoms with van der Waals surface area (Å²) in [5.74, 6) is 6.87. The van der Waals surface area contributed by atoms with Gasteiger partial charge in [-0.2, -0.15) is 0 Å². The Bertz CT molecular complexity index is 3110. The van der Waals surface area contributed by atoms with Gasteiger partial charge in [0.25, 0.3) is 17.7 Å². The summed E-state index contributed by atoms with van der Waals surface area (Å²) in [5, 5.41) is 6.48. The minimum absolute atomic E-state index is 0.0435. The van der Waals surface area contributed by atoms with E-state index in [1.54, 1.807) is 24.4 Å². The molecular formula is C56H55N9O7. The predicted octanol–water partition coefficient (Wildman–Crippen LogP) is 6.13. The SMILES string of the molecule is CNc1nc(-c2cnc3ccccc3c2)nc2c1CCN(C(=O)c1ccc(COc3ccc(C#CCN4CCN(CCCCCOc5cccc6c5C(=O)N(C5CCC(=O)NC5=O)C6=O)CC4)cc3)cc1)C2. The van der Waals surface area contributed by atoms with E-state index >= 15 is 0 Å². The number of benzene rings is 4. The number of rotatable bonds is 15. The minimum Gasteiger partial charge on any atom is -0.493 e. The molecule has 0 saturated carbocycles. The summed E-state index contributed by atoms with van der Waals surface area (Å²) in [6.45, 7) is 7.28. The fraction of sp³-hybridized carbons (Fsp3) is 0.321. The quantitative estimate of drug-likeness (QED) is 0.0683. The Kier molecular flexibility index (Phi) is 14.3. The van der Waals surface area contributed by atoms with Gasteiger partial charge in [0, 0.05) is 80.0 Å². The third-order valence-electron chi connectivity index (χ3n) is 13.7. The maximum atomic E-state index is 13.7. The molecule has 16 nitrogen and oxygen atoms in total. The molecule has 2 aromatic heterocycles. The number of hydrogen-bond acceptors (Lipinski definition) is 13. The van der Waals surface area contributed by atoms with Crippen LogP contribution in [0.1, 0.15) is 85.6 Å². The van der Waals surface area contributed by atoms with E-state index < -0.39 is 29.7 Å². The Morgan fingerprint density at radius 1 is 0.819 bits per heavy atom. The highest BCUT2D eigenvalue weighted by Crippen LogP contribution is 2.34. The lowest BCUT2D eigenvalue weighted by atomic mass is 10.0. The van der Waals surface area contributed by atoms with Gasteiger partial charge in [0.05, 0.1) is 42.0 Å². The number of carbonyl (C=O) groups excluding carboxylic acids is 5. The maximum absolute atomic E-state index is 13.7. The summed E-state index contributed by atoms with van der Waals surface area (Å²) in [7, 11) is 1.86. The van der Waals surface area contributed by atoms with E-state index in [0.717, 1.165) is 107 Å². The Hall–Kier alpha value is -8.00. The van der Waals surface area contributed by atoms with E-state index in [9.17, 15) is 24.0 Å². The molecule has 0 bridgehead atoms. The number of nitrogens with one attached hydrogen (secondary N) is 2. The van der Waals surface area contributed by atoms with Crippen molar-refractivity contribution in [3.8, 4) is 34.7 Å². The second-order valence-electron chi connectivity index (χ2n) is 18.4. The molecule has 0 aliphatic carbocycles. The number of aromatic nitrogens is 3. The summed E-state index contributed by atoms with van der Waals surface area (Å²) in [6, 6.07) is 29.3. The van der Waals surface area contributed by atoms with Crippen molar-refractivity contribution in [3.05, 3.63) is 142 Å². The number of piperidine rings is 1. The van der Waals surface area contributed by atoms with Crippen molar-refractivity contribution in [1.82, 2.24) is 39.9 Å². The first-order chi connectivity index (χ1) is 35.2. The van der Waals surface area contributed by atoms with Crippen molar-refractivity contribution >= 4 is 46.3 Å². The number of carbonyl (C=O) groups is 5. The van der Waals surface area contributed by atoms with Gasteiger partial charge >= 0.3 is 0 Å². The van der Waals surface area contributed by atoms with E-state index in [4.69, 9.17) is 19.4 Å². The molecular weight excluding hydrogens is 911 g/mol. The first-order valence-corrected chi connectivity index (χ1v) is 24.6. The van der Waals surface area contributed by atoms with Gasteiger partial charge < -0.3 is 24.6 Å². The summed E-state index contributed by atoms with van der Waals surface area (Å²) in [6.07, 6.45) is 5.39. The molecule has 4 aliphatic rings. The van der Waals surface area contributed by atoms with Gasteiger partial charge in [-0.15, -0.1) is 0 Å². The highest BCUT2D eigenvalue weighted by atomic mass is 16.5. The Labute approximate surface area is 417 Å². The molecule has 6 aromatic rings. The number of nitrogens with zero attached hydrogens (tertiary/aromatic N) is 7. The molecule has 4 aliphatic heterocycles. The Balaban J connectivity index is 0.620. The van der Waals surface area contributed by atoms with Crippen molar-refractivity contribution in [2.45, 2.75) is 57.7 Å². The van der Waals surface area contributed by atoms with Gasteiger partial charge in [0.15, 0.2) is 5.82 Å². The molecule has 0 radical (unpaired) electrons. The van der Waals surface area contributed by atoms with Crippen LogP contribution in [0.4, 0.5) is 5.82 Å². The number of amides is 5. The van der Waals surface area contributed by atoms with Crippen molar-refractivity contribution in [2.75, 3.05) is 64.8 Å². The van der Waals surface area contributed by atoms with Crippen LogP contribution in [0.25, 0.3) is 22.3 Å². The number of imide groups is 2. The minimum atomic E-state index is -1.01. The second kappa shape index (κ2) is 21.6. The fourth-order valence-electron chi connectivity index (χ4n) is 9.69. The number of ether oxygens (including phenoxy) is 2. The van der Waals surface area contributed by atoms with E-state index in [2.05, 4.69) is 37.3 Å². The molecule has 2 fully saturated rings. The number of anilines is 1. The van der Waals surface area contributed by atoms with Gasteiger partial charge in [0.1, 0.15) is 30.0 Å². The fourth-order valence-corrected chi connectivity index (χ4v) is 9.69. The number of pyridine rings is 1. The third kappa shape index (κ3) is 10.5. The topological polar surface area (TPSA) is 180 Å². The van der Waals surface area contributed by atoms with Crippen molar-refractivity contribution < 1.29 is 33.4 Å². The zero-order chi connectivity index (χ0) is 49.6. The summed E-state index contributed by atoms with van der Waals surface area (Å²) in [5.41, 5.74) is 6.49. The highest BCUT2D eigenvalue weighted by molar-refractivity contribution is 6.24. The Morgan fingerprint density at radius 3 is 2.43 bits per heavy atom. The molecule has 5 amide bonds. The summed E-state index contributed by atoms with van der Waals surface area (Å²) < 4.78 is 12.1.